The van der Waals surface area contributed by atoms with Crippen LogP contribution in [0.4, 0.5) is 0 Å². The highest BCUT2D eigenvalue weighted by Crippen LogP contribution is 2.24. The number of carbonyl (C=O) groups is 1. The van der Waals surface area contributed by atoms with Crippen LogP contribution in [-0.2, 0) is 13.0 Å². The summed E-state index contributed by atoms with van der Waals surface area (Å²) in [7, 11) is 0. The molecule has 2 atom stereocenters. The van der Waals surface area contributed by atoms with E-state index in [0.717, 1.165) is 49.0 Å². The molecule has 1 heterocycles. The van der Waals surface area contributed by atoms with Crippen molar-refractivity contribution in [3.8, 4) is 0 Å². The molecular formula is C28H32N2O. The van der Waals surface area contributed by atoms with Gasteiger partial charge in [-0.05, 0) is 56.4 Å². The van der Waals surface area contributed by atoms with Crippen molar-refractivity contribution in [2.45, 2.75) is 51.7 Å². The minimum Gasteiger partial charge on any atom is -0.335 e. The van der Waals surface area contributed by atoms with Gasteiger partial charge in [0.05, 0.1) is 0 Å². The topological polar surface area (TPSA) is 32.3 Å². The normalized spacial score (nSPS) is 18.7. The first-order chi connectivity index (χ1) is 15.1. The van der Waals surface area contributed by atoms with Crippen LogP contribution < -0.4 is 5.32 Å². The average Bonchev–Trinajstić information content (AvgIpc) is 2.78. The van der Waals surface area contributed by atoms with Gasteiger partial charge in [-0.2, -0.15) is 0 Å². The van der Waals surface area contributed by atoms with Crippen LogP contribution in [0.3, 0.4) is 0 Å². The monoisotopic (exact) mass is 412 g/mol. The van der Waals surface area contributed by atoms with Crippen molar-refractivity contribution in [1.29, 1.82) is 0 Å². The minimum atomic E-state index is 0.161. The maximum atomic E-state index is 13.5. The van der Waals surface area contributed by atoms with Crippen molar-refractivity contribution in [1.82, 2.24) is 10.2 Å². The largest absolute Gasteiger partial charge is 0.335 e. The molecule has 1 amide bonds. The molecule has 3 heteroatoms. The fraction of sp³-hybridized carbons (Fsp3) is 0.321. The van der Waals surface area contributed by atoms with Crippen molar-refractivity contribution in [3.63, 3.8) is 0 Å². The average molecular weight is 413 g/mol. The SMILES string of the molecule is Cc1cc(C)cc(C(=O)N2CC[C@@H](NCc3ccccc3)C[C@H]2Cc2ccccc2)c1. The van der Waals surface area contributed by atoms with Gasteiger partial charge < -0.3 is 10.2 Å². The Morgan fingerprint density at radius 2 is 1.52 bits per heavy atom. The summed E-state index contributed by atoms with van der Waals surface area (Å²) in [5, 5.41) is 3.73. The zero-order valence-corrected chi connectivity index (χ0v) is 18.6. The highest BCUT2D eigenvalue weighted by Gasteiger charge is 2.32. The first-order valence-electron chi connectivity index (χ1n) is 11.3. The Morgan fingerprint density at radius 1 is 0.903 bits per heavy atom. The van der Waals surface area contributed by atoms with Gasteiger partial charge in [0.1, 0.15) is 0 Å². The van der Waals surface area contributed by atoms with Gasteiger partial charge in [-0.1, -0.05) is 77.9 Å². The number of piperidine rings is 1. The van der Waals surface area contributed by atoms with Crippen LogP contribution in [0.5, 0.6) is 0 Å². The number of nitrogens with one attached hydrogen (secondary N) is 1. The highest BCUT2D eigenvalue weighted by atomic mass is 16.2. The van der Waals surface area contributed by atoms with E-state index in [-0.39, 0.29) is 11.9 Å². The zero-order valence-electron chi connectivity index (χ0n) is 18.6. The summed E-state index contributed by atoms with van der Waals surface area (Å²) in [5.74, 6) is 0.161. The van der Waals surface area contributed by atoms with Gasteiger partial charge in [-0.3, -0.25) is 4.79 Å². The number of aryl methyl sites for hydroxylation is 2. The molecule has 1 saturated heterocycles. The van der Waals surface area contributed by atoms with Crippen molar-refractivity contribution in [3.05, 3.63) is 107 Å². The molecule has 160 valence electrons. The van der Waals surface area contributed by atoms with Gasteiger partial charge in [0.25, 0.3) is 5.91 Å². The predicted molar refractivity (Wildman–Crippen MR) is 127 cm³/mol. The second-order valence-electron chi connectivity index (χ2n) is 8.81. The number of hydrogen-bond acceptors (Lipinski definition) is 2. The van der Waals surface area contributed by atoms with E-state index in [2.05, 4.69) is 84.7 Å². The maximum Gasteiger partial charge on any atom is 0.254 e. The molecule has 0 saturated carbocycles. The lowest BCUT2D eigenvalue weighted by atomic mass is 9.91. The van der Waals surface area contributed by atoms with Gasteiger partial charge in [0.15, 0.2) is 0 Å². The van der Waals surface area contributed by atoms with E-state index in [1.165, 1.54) is 11.1 Å². The maximum absolute atomic E-state index is 13.5. The summed E-state index contributed by atoms with van der Waals surface area (Å²) >= 11 is 0. The van der Waals surface area contributed by atoms with Crippen molar-refractivity contribution in [2.24, 2.45) is 0 Å². The molecule has 0 unspecified atom stereocenters. The lowest BCUT2D eigenvalue weighted by Crippen LogP contribution is -2.51. The molecule has 1 N–H and O–H groups in total. The van der Waals surface area contributed by atoms with Gasteiger partial charge >= 0.3 is 0 Å². The third kappa shape index (κ3) is 5.62. The molecule has 0 aliphatic carbocycles. The molecule has 3 aromatic rings. The van der Waals surface area contributed by atoms with Crippen LogP contribution in [0.25, 0.3) is 0 Å². The Bertz CT molecular complexity index is 980. The third-order valence-corrected chi connectivity index (χ3v) is 6.20. The smallest absolute Gasteiger partial charge is 0.254 e. The van der Waals surface area contributed by atoms with Gasteiger partial charge in [-0.25, -0.2) is 0 Å². The summed E-state index contributed by atoms with van der Waals surface area (Å²) in [6.07, 6.45) is 2.84. The molecule has 31 heavy (non-hydrogen) atoms. The van der Waals surface area contributed by atoms with Gasteiger partial charge in [0, 0.05) is 30.7 Å². The van der Waals surface area contributed by atoms with Crippen LogP contribution in [0, 0.1) is 13.8 Å². The highest BCUT2D eigenvalue weighted by molar-refractivity contribution is 5.95. The minimum absolute atomic E-state index is 0.161. The molecular weight excluding hydrogens is 380 g/mol. The van der Waals surface area contributed by atoms with Crippen LogP contribution in [0.2, 0.25) is 0 Å². The van der Waals surface area contributed by atoms with E-state index in [0.29, 0.717) is 6.04 Å². The second-order valence-corrected chi connectivity index (χ2v) is 8.81. The van der Waals surface area contributed by atoms with E-state index < -0.39 is 0 Å². The molecule has 4 rings (SSSR count). The summed E-state index contributed by atoms with van der Waals surface area (Å²) in [6, 6.07) is 27.9. The lowest BCUT2D eigenvalue weighted by Gasteiger charge is -2.40. The molecule has 3 nitrogen and oxygen atoms in total. The second kappa shape index (κ2) is 9.93. The quantitative estimate of drug-likeness (QED) is 0.595. The molecule has 1 fully saturated rings. The number of amides is 1. The summed E-state index contributed by atoms with van der Waals surface area (Å²) < 4.78 is 0. The number of likely N-dealkylation sites (tertiary alicyclic amines) is 1. The van der Waals surface area contributed by atoms with Crippen LogP contribution >= 0.6 is 0 Å². The molecule has 0 spiro atoms. The third-order valence-electron chi connectivity index (χ3n) is 6.20. The zero-order chi connectivity index (χ0) is 21.6. The Labute approximate surface area is 186 Å². The number of rotatable bonds is 6. The summed E-state index contributed by atoms with van der Waals surface area (Å²) in [5.41, 5.74) is 5.68. The number of benzene rings is 3. The van der Waals surface area contributed by atoms with Crippen LogP contribution in [-0.4, -0.2) is 29.4 Å². The Kier molecular flexibility index (Phi) is 6.83. The standard InChI is InChI=1S/C28H32N2O/c1-21-15-22(2)17-25(16-21)28(31)30-14-13-26(29-20-24-11-7-4-8-12-24)19-27(30)18-23-9-5-3-6-10-23/h3-12,15-17,26-27,29H,13-14,18-20H2,1-2H3/t26-,27-/m1/s1. The van der Waals surface area contributed by atoms with Crippen LogP contribution in [0.15, 0.2) is 78.9 Å². The summed E-state index contributed by atoms with van der Waals surface area (Å²) in [4.78, 5) is 15.6. The van der Waals surface area contributed by atoms with Crippen molar-refractivity contribution < 1.29 is 4.79 Å². The fourth-order valence-corrected chi connectivity index (χ4v) is 4.71. The molecule has 0 bridgehead atoms. The van der Waals surface area contributed by atoms with E-state index in [9.17, 15) is 4.79 Å². The summed E-state index contributed by atoms with van der Waals surface area (Å²) in [6.45, 7) is 5.78. The molecule has 1 aliphatic rings. The number of carbonyl (C=O) groups excluding carboxylic acids is 1. The van der Waals surface area contributed by atoms with Crippen molar-refractivity contribution >= 4 is 5.91 Å². The van der Waals surface area contributed by atoms with Crippen molar-refractivity contribution in [2.75, 3.05) is 6.54 Å². The van der Waals surface area contributed by atoms with Crippen LogP contribution in [0.1, 0.15) is 45.5 Å². The Hall–Kier alpha value is -2.91. The van der Waals surface area contributed by atoms with Gasteiger partial charge in [0.2, 0.25) is 0 Å². The van der Waals surface area contributed by atoms with E-state index in [1.807, 2.05) is 18.2 Å². The Morgan fingerprint density at radius 3 is 2.16 bits per heavy atom. The molecule has 3 aromatic carbocycles. The van der Waals surface area contributed by atoms with E-state index >= 15 is 0 Å². The number of hydrogen-bond donors (Lipinski definition) is 1. The first kappa shape index (κ1) is 21.3. The van der Waals surface area contributed by atoms with E-state index in [1.54, 1.807) is 0 Å². The first-order valence-corrected chi connectivity index (χ1v) is 11.3. The fourth-order valence-electron chi connectivity index (χ4n) is 4.71. The molecule has 0 radical (unpaired) electrons. The Balaban J connectivity index is 1.50. The van der Waals surface area contributed by atoms with Gasteiger partial charge in [-0.15, -0.1) is 0 Å². The molecule has 0 aromatic heterocycles. The molecule has 1 aliphatic heterocycles. The predicted octanol–water partition coefficient (Wildman–Crippen LogP) is 5.31. The number of nitrogens with zero attached hydrogens (tertiary/aromatic N) is 1. The lowest BCUT2D eigenvalue weighted by molar-refractivity contribution is 0.0576. The van der Waals surface area contributed by atoms with E-state index in [4.69, 9.17) is 0 Å².